The summed E-state index contributed by atoms with van der Waals surface area (Å²) in [4.78, 5) is 12.3. The molecule has 4 heterocycles. The van der Waals surface area contributed by atoms with E-state index in [0.717, 1.165) is 36.1 Å². The van der Waals surface area contributed by atoms with Crippen molar-refractivity contribution >= 4 is 28.7 Å². The van der Waals surface area contributed by atoms with Gasteiger partial charge in [-0.2, -0.15) is 4.98 Å². The van der Waals surface area contributed by atoms with E-state index in [9.17, 15) is 0 Å². The molecule has 3 aromatic rings. The first-order chi connectivity index (χ1) is 10.3. The fourth-order valence-corrected chi connectivity index (χ4v) is 3.30. The SMILES string of the molecule is CN1CCNCC1c1noc(Cc2cn3ccsc3n2)n1.Cl. The minimum absolute atomic E-state index is 0. The minimum atomic E-state index is 0. The fourth-order valence-electron chi connectivity index (χ4n) is 2.59. The Labute approximate surface area is 137 Å². The van der Waals surface area contributed by atoms with Gasteiger partial charge in [-0.1, -0.05) is 5.16 Å². The first kappa shape index (κ1) is 15.4. The van der Waals surface area contributed by atoms with Crippen LogP contribution in [0.1, 0.15) is 23.5 Å². The molecule has 118 valence electrons. The topological polar surface area (TPSA) is 71.5 Å². The van der Waals surface area contributed by atoms with Crippen molar-refractivity contribution in [2.75, 3.05) is 26.7 Å². The van der Waals surface area contributed by atoms with Gasteiger partial charge < -0.3 is 9.84 Å². The number of rotatable bonds is 3. The zero-order valence-corrected chi connectivity index (χ0v) is 13.7. The summed E-state index contributed by atoms with van der Waals surface area (Å²) < 4.78 is 7.39. The summed E-state index contributed by atoms with van der Waals surface area (Å²) in [6.07, 6.45) is 4.58. The predicted molar refractivity (Wildman–Crippen MR) is 85.7 cm³/mol. The quantitative estimate of drug-likeness (QED) is 0.776. The lowest BCUT2D eigenvalue weighted by Crippen LogP contribution is -2.44. The largest absolute Gasteiger partial charge is 0.339 e. The molecule has 0 aromatic carbocycles. The van der Waals surface area contributed by atoms with Gasteiger partial charge >= 0.3 is 0 Å². The molecule has 3 aromatic heterocycles. The summed E-state index contributed by atoms with van der Waals surface area (Å²) in [6, 6.07) is 0.182. The normalized spacial score (nSPS) is 19.4. The maximum atomic E-state index is 5.38. The molecule has 0 saturated carbocycles. The molecular weight excluding hydrogens is 324 g/mol. The Kier molecular flexibility index (Phi) is 4.44. The molecule has 1 aliphatic heterocycles. The van der Waals surface area contributed by atoms with Gasteiger partial charge in [0.2, 0.25) is 5.89 Å². The van der Waals surface area contributed by atoms with Gasteiger partial charge in [-0.3, -0.25) is 9.30 Å². The number of nitrogens with zero attached hydrogens (tertiary/aromatic N) is 5. The third kappa shape index (κ3) is 2.87. The van der Waals surface area contributed by atoms with Gasteiger partial charge in [0.25, 0.3) is 0 Å². The van der Waals surface area contributed by atoms with Gasteiger partial charge in [0.05, 0.1) is 18.2 Å². The van der Waals surface area contributed by atoms with Crippen LogP contribution in [0.25, 0.3) is 4.96 Å². The molecular formula is C13H17ClN6OS. The van der Waals surface area contributed by atoms with Gasteiger partial charge in [-0.25, -0.2) is 4.98 Å². The smallest absolute Gasteiger partial charge is 0.232 e. The number of nitrogens with one attached hydrogen (secondary N) is 1. The van der Waals surface area contributed by atoms with Crippen LogP contribution in [0.3, 0.4) is 0 Å². The molecule has 1 aliphatic rings. The van der Waals surface area contributed by atoms with Crippen molar-refractivity contribution in [3.63, 3.8) is 0 Å². The second kappa shape index (κ2) is 6.33. The zero-order chi connectivity index (χ0) is 14.2. The van der Waals surface area contributed by atoms with E-state index in [2.05, 4.69) is 32.4 Å². The molecule has 1 saturated heterocycles. The summed E-state index contributed by atoms with van der Waals surface area (Å²) >= 11 is 1.62. The lowest BCUT2D eigenvalue weighted by atomic mass is 10.2. The van der Waals surface area contributed by atoms with Crippen molar-refractivity contribution in [2.45, 2.75) is 12.5 Å². The molecule has 1 fully saturated rings. The highest BCUT2D eigenvalue weighted by atomic mass is 35.5. The summed E-state index contributed by atoms with van der Waals surface area (Å²) in [5, 5.41) is 9.50. The van der Waals surface area contributed by atoms with Crippen LogP contribution < -0.4 is 5.32 Å². The Morgan fingerprint density at radius 1 is 1.45 bits per heavy atom. The lowest BCUT2D eigenvalue weighted by molar-refractivity contribution is 0.190. The molecule has 1 N–H and O–H groups in total. The van der Waals surface area contributed by atoms with Crippen LogP contribution in [0.5, 0.6) is 0 Å². The molecule has 1 unspecified atom stereocenters. The fraction of sp³-hybridized carbons (Fsp3) is 0.462. The molecule has 22 heavy (non-hydrogen) atoms. The van der Waals surface area contributed by atoms with Crippen molar-refractivity contribution in [1.29, 1.82) is 0 Å². The molecule has 1 atom stereocenters. The van der Waals surface area contributed by atoms with Crippen LogP contribution in [0.4, 0.5) is 0 Å². The monoisotopic (exact) mass is 340 g/mol. The molecule has 0 spiro atoms. The van der Waals surface area contributed by atoms with Crippen molar-refractivity contribution in [3.8, 4) is 0 Å². The first-order valence-electron chi connectivity index (χ1n) is 6.94. The lowest BCUT2D eigenvalue weighted by Gasteiger charge is -2.30. The van der Waals surface area contributed by atoms with E-state index in [1.165, 1.54) is 0 Å². The summed E-state index contributed by atoms with van der Waals surface area (Å²) in [6.45, 7) is 2.85. The summed E-state index contributed by atoms with van der Waals surface area (Å²) in [5.41, 5.74) is 0.951. The van der Waals surface area contributed by atoms with Crippen molar-refractivity contribution in [3.05, 3.63) is 35.2 Å². The number of hydrogen-bond donors (Lipinski definition) is 1. The minimum Gasteiger partial charge on any atom is -0.339 e. The number of thiazole rings is 1. The third-order valence-corrected chi connectivity index (χ3v) is 4.54. The van der Waals surface area contributed by atoms with Gasteiger partial charge in [0, 0.05) is 37.4 Å². The molecule has 0 aliphatic carbocycles. The number of halogens is 1. The van der Waals surface area contributed by atoms with Crippen LogP contribution in [-0.4, -0.2) is 51.1 Å². The van der Waals surface area contributed by atoms with Crippen LogP contribution in [0.15, 0.2) is 22.3 Å². The predicted octanol–water partition coefficient (Wildman–Crippen LogP) is 1.37. The second-order valence-electron chi connectivity index (χ2n) is 5.25. The standard InChI is InChI=1S/C13H16N6OS.ClH/c1-18-3-2-14-7-10(18)12-16-11(20-17-12)6-9-8-19-4-5-21-13(19)15-9;/h4-5,8,10,14H,2-3,6-7H2,1H3;1H. The highest BCUT2D eigenvalue weighted by Gasteiger charge is 2.25. The zero-order valence-electron chi connectivity index (χ0n) is 12.1. The van der Waals surface area contributed by atoms with E-state index in [-0.39, 0.29) is 18.4 Å². The van der Waals surface area contributed by atoms with Crippen molar-refractivity contribution < 1.29 is 4.52 Å². The maximum Gasteiger partial charge on any atom is 0.232 e. The highest BCUT2D eigenvalue weighted by Crippen LogP contribution is 2.19. The molecule has 4 rings (SSSR count). The number of piperazine rings is 1. The highest BCUT2D eigenvalue weighted by molar-refractivity contribution is 7.15. The number of aromatic nitrogens is 4. The Hall–Kier alpha value is -1.48. The van der Waals surface area contributed by atoms with E-state index in [4.69, 9.17) is 4.52 Å². The van der Waals surface area contributed by atoms with Gasteiger partial charge in [-0.15, -0.1) is 23.7 Å². The second-order valence-corrected chi connectivity index (χ2v) is 6.12. The molecule has 0 amide bonds. The molecule has 0 bridgehead atoms. The number of hydrogen-bond acceptors (Lipinski definition) is 7. The van der Waals surface area contributed by atoms with Crippen molar-refractivity contribution in [1.82, 2.24) is 29.7 Å². The van der Waals surface area contributed by atoms with Crippen LogP contribution >= 0.6 is 23.7 Å². The van der Waals surface area contributed by atoms with E-state index in [0.29, 0.717) is 12.3 Å². The molecule has 7 nitrogen and oxygen atoms in total. The van der Waals surface area contributed by atoms with Gasteiger partial charge in [-0.05, 0) is 7.05 Å². The Bertz CT molecular complexity index is 724. The van der Waals surface area contributed by atoms with Crippen molar-refractivity contribution in [2.24, 2.45) is 0 Å². The molecule has 0 radical (unpaired) electrons. The van der Waals surface area contributed by atoms with E-state index in [1.807, 2.05) is 22.2 Å². The molecule has 9 heteroatoms. The Morgan fingerprint density at radius 2 is 2.36 bits per heavy atom. The van der Waals surface area contributed by atoms with E-state index >= 15 is 0 Å². The van der Waals surface area contributed by atoms with E-state index < -0.39 is 0 Å². The van der Waals surface area contributed by atoms with E-state index in [1.54, 1.807) is 11.3 Å². The Morgan fingerprint density at radius 3 is 3.18 bits per heavy atom. The summed E-state index contributed by atoms with van der Waals surface area (Å²) in [5.74, 6) is 1.37. The van der Waals surface area contributed by atoms with Crippen LogP contribution in [0.2, 0.25) is 0 Å². The van der Waals surface area contributed by atoms with Gasteiger partial charge in [0.15, 0.2) is 10.8 Å². The first-order valence-corrected chi connectivity index (χ1v) is 7.82. The van der Waals surface area contributed by atoms with Crippen LogP contribution in [-0.2, 0) is 6.42 Å². The average Bonchev–Trinajstić information content (AvgIpc) is 3.15. The van der Waals surface area contributed by atoms with Crippen LogP contribution in [0, 0.1) is 0 Å². The van der Waals surface area contributed by atoms with Gasteiger partial charge in [0.1, 0.15) is 0 Å². The number of likely N-dealkylation sites (N-methyl/N-ethyl adjacent to an activating group) is 1. The third-order valence-electron chi connectivity index (χ3n) is 3.77. The summed E-state index contributed by atoms with van der Waals surface area (Å²) in [7, 11) is 2.09. The Balaban J connectivity index is 0.00000144. The maximum absolute atomic E-state index is 5.38. The average molecular weight is 341 g/mol. The number of fused-ring (bicyclic) bond motifs is 1. The number of imidazole rings is 1.